The summed E-state index contributed by atoms with van der Waals surface area (Å²) in [5, 5.41) is 0. The third-order valence-corrected chi connectivity index (χ3v) is 4.78. The highest BCUT2D eigenvalue weighted by molar-refractivity contribution is 9.10. The first-order valence-electron chi connectivity index (χ1n) is 7.77. The van der Waals surface area contributed by atoms with Crippen molar-refractivity contribution in [2.75, 3.05) is 0 Å². The first-order valence-corrected chi connectivity index (χ1v) is 8.56. The lowest BCUT2D eigenvalue weighted by Crippen LogP contribution is -1.90. The lowest BCUT2D eigenvalue weighted by Gasteiger charge is -2.09. The van der Waals surface area contributed by atoms with Crippen LogP contribution in [-0.2, 0) is 12.8 Å². The summed E-state index contributed by atoms with van der Waals surface area (Å²) in [7, 11) is 0. The molecule has 21 heavy (non-hydrogen) atoms. The van der Waals surface area contributed by atoms with Crippen LogP contribution in [-0.4, -0.2) is 0 Å². The second kappa shape index (κ2) is 6.19. The summed E-state index contributed by atoms with van der Waals surface area (Å²) in [6.45, 7) is 4.50. The molecule has 2 aromatic carbocycles. The summed E-state index contributed by atoms with van der Waals surface area (Å²) in [4.78, 5) is 0. The van der Waals surface area contributed by atoms with E-state index in [-0.39, 0.29) is 0 Å². The maximum absolute atomic E-state index is 3.60. The van der Waals surface area contributed by atoms with E-state index >= 15 is 0 Å². The number of aryl methyl sites for hydroxylation is 1. The molecule has 0 N–H and O–H groups in total. The lowest BCUT2D eigenvalue weighted by atomic mass is 9.96. The Bertz CT molecular complexity index is 677. The van der Waals surface area contributed by atoms with Crippen LogP contribution < -0.4 is 0 Å². The molecule has 0 nitrogen and oxygen atoms in total. The van der Waals surface area contributed by atoms with Gasteiger partial charge in [0, 0.05) is 4.47 Å². The van der Waals surface area contributed by atoms with Gasteiger partial charge >= 0.3 is 0 Å². The predicted molar refractivity (Wildman–Crippen MR) is 94.6 cm³/mol. The molecule has 0 heterocycles. The quantitative estimate of drug-likeness (QED) is 0.624. The van der Waals surface area contributed by atoms with Crippen LogP contribution in [0.3, 0.4) is 0 Å². The number of rotatable bonds is 4. The molecule has 0 atom stereocenters. The van der Waals surface area contributed by atoms with Gasteiger partial charge in [-0.05, 0) is 66.1 Å². The zero-order valence-electron chi connectivity index (χ0n) is 12.7. The van der Waals surface area contributed by atoms with Crippen LogP contribution in [0.4, 0.5) is 0 Å². The van der Waals surface area contributed by atoms with Crippen molar-refractivity contribution in [1.82, 2.24) is 0 Å². The van der Waals surface area contributed by atoms with Crippen molar-refractivity contribution in [3.05, 3.63) is 74.8 Å². The monoisotopic (exact) mass is 340 g/mol. The minimum Gasteiger partial charge on any atom is -0.0654 e. The molecule has 1 aliphatic carbocycles. The first-order chi connectivity index (χ1) is 10.2. The third-order valence-electron chi connectivity index (χ3n) is 4.29. The van der Waals surface area contributed by atoms with E-state index in [9.17, 15) is 0 Å². The maximum atomic E-state index is 3.60. The molecule has 0 saturated carbocycles. The highest BCUT2D eigenvalue weighted by Gasteiger charge is 2.20. The van der Waals surface area contributed by atoms with Crippen LogP contribution in [0, 0.1) is 0 Å². The normalized spacial score (nSPS) is 13.7. The molecule has 0 saturated heterocycles. The van der Waals surface area contributed by atoms with Crippen molar-refractivity contribution in [3.63, 3.8) is 0 Å². The fraction of sp³-hybridized carbons (Fsp3) is 0.300. The average Bonchev–Trinajstić information content (AvgIpc) is 2.81. The standard InChI is InChI=1S/C20H21Br/c1-3-4-5-15-6-8-16(9-7-15)20-14(2)12-17-10-11-18(21)13-19(17)20/h6-11,13H,3-5,12H2,1-2H3. The van der Waals surface area contributed by atoms with Gasteiger partial charge in [-0.2, -0.15) is 0 Å². The Morgan fingerprint density at radius 2 is 1.81 bits per heavy atom. The maximum Gasteiger partial charge on any atom is 0.0181 e. The summed E-state index contributed by atoms with van der Waals surface area (Å²) < 4.78 is 1.16. The van der Waals surface area contributed by atoms with Gasteiger partial charge in [-0.3, -0.25) is 0 Å². The highest BCUT2D eigenvalue weighted by Crippen LogP contribution is 2.38. The van der Waals surface area contributed by atoms with Gasteiger partial charge in [0.15, 0.2) is 0 Å². The molecule has 1 heteroatoms. The number of halogens is 1. The van der Waals surface area contributed by atoms with Crippen LogP contribution in [0.1, 0.15) is 48.9 Å². The Labute approximate surface area is 136 Å². The average molecular weight is 341 g/mol. The predicted octanol–water partition coefficient (Wildman–Crippen LogP) is 6.17. The van der Waals surface area contributed by atoms with Gasteiger partial charge in [0.05, 0.1) is 0 Å². The van der Waals surface area contributed by atoms with Crippen molar-refractivity contribution < 1.29 is 0 Å². The Balaban J connectivity index is 1.94. The number of hydrogen-bond acceptors (Lipinski definition) is 0. The van der Waals surface area contributed by atoms with E-state index in [1.807, 2.05) is 0 Å². The van der Waals surface area contributed by atoms with Crippen LogP contribution in [0.25, 0.3) is 5.57 Å². The SMILES string of the molecule is CCCCc1ccc(C2=C(C)Cc3ccc(Br)cc32)cc1. The Morgan fingerprint density at radius 3 is 2.52 bits per heavy atom. The summed E-state index contributed by atoms with van der Waals surface area (Å²) in [5.41, 5.74) is 8.54. The molecule has 1 aliphatic rings. The molecule has 0 radical (unpaired) electrons. The molecule has 2 aromatic rings. The minimum absolute atomic E-state index is 1.08. The molecule has 0 spiro atoms. The zero-order valence-corrected chi connectivity index (χ0v) is 14.3. The second-order valence-corrected chi connectivity index (χ2v) is 6.85. The van der Waals surface area contributed by atoms with Gasteiger partial charge in [-0.25, -0.2) is 0 Å². The van der Waals surface area contributed by atoms with Crippen molar-refractivity contribution in [2.24, 2.45) is 0 Å². The molecule has 108 valence electrons. The van der Waals surface area contributed by atoms with Crippen LogP contribution in [0.5, 0.6) is 0 Å². The third kappa shape index (κ3) is 2.98. The molecular formula is C20H21Br. The van der Waals surface area contributed by atoms with Crippen LogP contribution >= 0.6 is 15.9 Å². The molecule has 0 aromatic heterocycles. The fourth-order valence-corrected chi connectivity index (χ4v) is 3.52. The molecule has 0 aliphatic heterocycles. The topological polar surface area (TPSA) is 0 Å². The number of allylic oxidation sites excluding steroid dienone is 1. The Hall–Kier alpha value is -1.34. The van der Waals surface area contributed by atoms with Crippen molar-refractivity contribution >= 4 is 21.5 Å². The van der Waals surface area contributed by atoms with E-state index in [1.165, 1.54) is 52.7 Å². The van der Waals surface area contributed by atoms with Gasteiger partial charge in [-0.1, -0.05) is 65.2 Å². The smallest absolute Gasteiger partial charge is 0.0181 e. The van der Waals surface area contributed by atoms with Crippen molar-refractivity contribution in [3.8, 4) is 0 Å². The zero-order chi connectivity index (χ0) is 14.8. The number of unbranched alkanes of at least 4 members (excludes halogenated alkanes) is 1. The number of benzene rings is 2. The van der Waals surface area contributed by atoms with Crippen molar-refractivity contribution in [1.29, 1.82) is 0 Å². The number of fused-ring (bicyclic) bond motifs is 1. The minimum atomic E-state index is 1.08. The van der Waals surface area contributed by atoms with E-state index in [2.05, 4.69) is 72.2 Å². The molecule has 0 unspecified atom stereocenters. The molecule has 0 bridgehead atoms. The molecule has 3 rings (SSSR count). The van der Waals surface area contributed by atoms with Gasteiger partial charge in [0.25, 0.3) is 0 Å². The first kappa shape index (κ1) is 14.6. The van der Waals surface area contributed by atoms with E-state index < -0.39 is 0 Å². The summed E-state index contributed by atoms with van der Waals surface area (Å²) in [6.07, 6.45) is 4.80. The fourth-order valence-electron chi connectivity index (χ4n) is 3.16. The Kier molecular flexibility index (Phi) is 4.30. The lowest BCUT2D eigenvalue weighted by molar-refractivity contribution is 0.795. The largest absolute Gasteiger partial charge is 0.0654 e. The van der Waals surface area contributed by atoms with E-state index in [0.717, 1.165) is 10.9 Å². The molecule has 0 fully saturated rings. The highest BCUT2D eigenvalue weighted by atomic mass is 79.9. The van der Waals surface area contributed by atoms with Gasteiger partial charge < -0.3 is 0 Å². The summed E-state index contributed by atoms with van der Waals surface area (Å²) in [6, 6.07) is 15.8. The summed E-state index contributed by atoms with van der Waals surface area (Å²) >= 11 is 3.60. The van der Waals surface area contributed by atoms with E-state index in [4.69, 9.17) is 0 Å². The van der Waals surface area contributed by atoms with Crippen LogP contribution in [0.15, 0.2) is 52.5 Å². The van der Waals surface area contributed by atoms with Gasteiger partial charge in [0.2, 0.25) is 0 Å². The molecule has 0 amide bonds. The van der Waals surface area contributed by atoms with Gasteiger partial charge in [-0.15, -0.1) is 0 Å². The molecular weight excluding hydrogens is 320 g/mol. The van der Waals surface area contributed by atoms with E-state index in [0.29, 0.717) is 0 Å². The Morgan fingerprint density at radius 1 is 1.05 bits per heavy atom. The second-order valence-electron chi connectivity index (χ2n) is 5.93. The van der Waals surface area contributed by atoms with Crippen LogP contribution in [0.2, 0.25) is 0 Å². The van der Waals surface area contributed by atoms with Crippen molar-refractivity contribution in [2.45, 2.75) is 39.5 Å². The summed E-state index contributed by atoms with van der Waals surface area (Å²) in [5.74, 6) is 0. The van der Waals surface area contributed by atoms with E-state index in [1.54, 1.807) is 0 Å². The van der Waals surface area contributed by atoms with Gasteiger partial charge in [0.1, 0.15) is 0 Å². The number of hydrogen-bond donors (Lipinski definition) is 0.